The van der Waals surface area contributed by atoms with Gasteiger partial charge in [-0.3, -0.25) is 14.2 Å². The fraction of sp³-hybridized carbons (Fsp3) is 0.182. The molecule has 4 aromatic rings. The van der Waals surface area contributed by atoms with Crippen molar-refractivity contribution in [1.82, 2.24) is 19.7 Å². The third-order valence-electron chi connectivity index (χ3n) is 4.77. The largest absolute Gasteiger partial charge is 0.497 e. The summed E-state index contributed by atoms with van der Waals surface area (Å²) >= 11 is 0. The van der Waals surface area contributed by atoms with E-state index < -0.39 is 5.76 Å². The van der Waals surface area contributed by atoms with E-state index >= 15 is 0 Å². The first-order chi connectivity index (χ1) is 15.0. The molecule has 0 fully saturated rings. The third kappa shape index (κ3) is 4.40. The van der Waals surface area contributed by atoms with Crippen LogP contribution in [-0.2, 0) is 17.9 Å². The highest BCUT2D eigenvalue weighted by molar-refractivity contribution is 5.79. The van der Waals surface area contributed by atoms with Gasteiger partial charge in [0, 0.05) is 18.2 Å². The van der Waals surface area contributed by atoms with Crippen LogP contribution in [0.1, 0.15) is 0 Å². The van der Waals surface area contributed by atoms with Crippen LogP contribution in [0.15, 0.2) is 74.7 Å². The van der Waals surface area contributed by atoms with E-state index in [9.17, 15) is 14.4 Å². The van der Waals surface area contributed by atoms with Gasteiger partial charge in [-0.2, -0.15) is 5.10 Å². The third-order valence-corrected chi connectivity index (χ3v) is 4.77. The van der Waals surface area contributed by atoms with Gasteiger partial charge in [0.2, 0.25) is 5.91 Å². The number of fused-ring (bicyclic) bond motifs is 1. The molecule has 0 aliphatic rings. The number of carbonyl (C=O) groups excluding carboxylic acids is 1. The lowest BCUT2D eigenvalue weighted by Gasteiger charge is -2.09. The van der Waals surface area contributed by atoms with Crippen molar-refractivity contribution in [2.75, 3.05) is 13.7 Å². The van der Waals surface area contributed by atoms with E-state index in [0.29, 0.717) is 16.8 Å². The Morgan fingerprint density at radius 1 is 1.06 bits per heavy atom. The van der Waals surface area contributed by atoms with E-state index in [0.717, 1.165) is 11.3 Å². The first kappa shape index (κ1) is 20.1. The van der Waals surface area contributed by atoms with E-state index in [4.69, 9.17) is 9.15 Å². The van der Waals surface area contributed by atoms with Crippen LogP contribution in [0.25, 0.3) is 22.4 Å². The maximum Gasteiger partial charge on any atom is 0.420 e. The van der Waals surface area contributed by atoms with Gasteiger partial charge in [0.25, 0.3) is 5.56 Å². The lowest BCUT2D eigenvalue weighted by atomic mass is 10.1. The molecule has 2 aromatic heterocycles. The summed E-state index contributed by atoms with van der Waals surface area (Å²) < 4.78 is 12.8. The number of methoxy groups -OCH3 is 1. The average Bonchev–Trinajstić information content (AvgIpc) is 3.10. The van der Waals surface area contributed by atoms with Gasteiger partial charge in [-0.1, -0.05) is 12.1 Å². The van der Waals surface area contributed by atoms with Crippen molar-refractivity contribution in [2.45, 2.75) is 13.1 Å². The minimum atomic E-state index is -0.596. The minimum absolute atomic E-state index is 0.177. The van der Waals surface area contributed by atoms with Crippen molar-refractivity contribution in [3.05, 3.63) is 81.6 Å². The van der Waals surface area contributed by atoms with Crippen LogP contribution in [0.2, 0.25) is 0 Å². The van der Waals surface area contributed by atoms with Crippen LogP contribution >= 0.6 is 0 Å². The molecule has 31 heavy (non-hydrogen) atoms. The Morgan fingerprint density at radius 2 is 1.84 bits per heavy atom. The van der Waals surface area contributed by atoms with E-state index in [-0.39, 0.29) is 31.1 Å². The van der Waals surface area contributed by atoms with Gasteiger partial charge in [-0.25, -0.2) is 9.48 Å². The second kappa shape index (κ2) is 8.70. The molecule has 0 aliphatic carbocycles. The fourth-order valence-corrected chi connectivity index (χ4v) is 3.19. The SMILES string of the molecule is COc1ccc(-c2ccc(=O)n(CCNC(=O)Cn3c(=O)oc4ccccc43)n2)cc1. The molecule has 1 N–H and O–H groups in total. The zero-order valence-corrected chi connectivity index (χ0v) is 16.8. The summed E-state index contributed by atoms with van der Waals surface area (Å²) in [7, 11) is 1.59. The number of hydrogen-bond donors (Lipinski definition) is 1. The summed E-state index contributed by atoms with van der Waals surface area (Å²) in [5.74, 6) is -0.237. The van der Waals surface area contributed by atoms with Crippen LogP contribution < -0.4 is 21.4 Å². The van der Waals surface area contributed by atoms with Crippen LogP contribution in [0.5, 0.6) is 5.75 Å². The summed E-state index contributed by atoms with van der Waals surface area (Å²) in [5, 5.41) is 7.07. The number of ether oxygens (including phenoxy) is 1. The van der Waals surface area contributed by atoms with Crippen LogP contribution in [0.4, 0.5) is 0 Å². The number of rotatable bonds is 7. The maximum absolute atomic E-state index is 12.3. The maximum atomic E-state index is 12.3. The molecule has 4 rings (SSSR count). The number of aromatic nitrogens is 3. The average molecular weight is 420 g/mol. The smallest absolute Gasteiger partial charge is 0.420 e. The molecule has 2 aromatic carbocycles. The predicted molar refractivity (Wildman–Crippen MR) is 114 cm³/mol. The molecule has 0 bridgehead atoms. The molecule has 0 saturated heterocycles. The Morgan fingerprint density at radius 3 is 2.61 bits per heavy atom. The Bertz CT molecular complexity index is 1330. The molecular weight excluding hydrogens is 400 g/mol. The number of benzene rings is 2. The molecule has 0 aliphatic heterocycles. The van der Waals surface area contributed by atoms with Gasteiger partial charge >= 0.3 is 5.76 Å². The van der Waals surface area contributed by atoms with E-state index in [1.807, 2.05) is 24.3 Å². The molecule has 1 amide bonds. The highest BCUT2D eigenvalue weighted by Crippen LogP contribution is 2.19. The number of oxazole rings is 1. The minimum Gasteiger partial charge on any atom is -0.497 e. The molecule has 0 atom stereocenters. The zero-order chi connectivity index (χ0) is 21.8. The molecule has 0 radical (unpaired) electrons. The summed E-state index contributed by atoms with van der Waals surface area (Å²) in [5.41, 5.74) is 2.16. The molecule has 0 saturated carbocycles. The normalized spacial score (nSPS) is 10.9. The monoisotopic (exact) mass is 420 g/mol. The summed E-state index contributed by atoms with van der Waals surface area (Å²) in [6.45, 7) is 0.196. The summed E-state index contributed by atoms with van der Waals surface area (Å²) in [4.78, 5) is 36.4. The van der Waals surface area contributed by atoms with Crippen molar-refractivity contribution < 1.29 is 13.9 Å². The second-order valence-corrected chi connectivity index (χ2v) is 6.78. The lowest BCUT2D eigenvalue weighted by Crippen LogP contribution is -2.35. The number of para-hydroxylation sites is 2. The van der Waals surface area contributed by atoms with Gasteiger partial charge in [-0.05, 0) is 42.5 Å². The van der Waals surface area contributed by atoms with Crippen LogP contribution in [0, 0.1) is 0 Å². The highest BCUT2D eigenvalue weighted by atomic mass is 16.5. The molecule has 9 nitrogen and oxygen atoms in total. The van der Waals surface area contributed by atoms with E-state index in [1.54, 1.807) is 37.4 Å². The quantitative estimate of drug-likeness (QED) is 0.487. The molecule has 2 heterocycles. The predicted octanol–water partition coefficient (Wildman–Crippen LogP) is 1.64. The van der Waals surface area contributed by atoms with Gasteiger partial charge < -0.3 is 14.5 Å². The number of carbonyl (C=O) groups is 1. The zero-order valence-electron chi connectivity index (χ0n) is 16.8. The number of amides is 1. The number of hydrogen-bond acceptors (Lipinski definition) is 6. The molecule has 9 heteroatoms. The van der Waals surface area contributed by atoms with Crippen molar-refractivity contribution in [1.29, 1.82) is 0 Å². The first-order valence-corrected chi connectivity index (χ1v) is 9.63. The van der Waals surface area contributed by atoms with Gasteiger partial charge in [0.1, 0.15) is 12.3 Å². The Balaban J connectivity index is 1.41. The highest BCUT2D eigenvalue weighted by Gasteiger charge is 2.12. The van der Waals surface area contributed by atoms with E-state index in [1.165, 1.54) is 15.3 Å². The van der Waals surface area contributed by atoms with Crippen LogP contribution in [0.3, 0.4) is 0 Å². The second-order valence-electron chi connectivity index (χ2n) is 6.78. The Kier molecular flexibility index (Phi) is 5.65. The van der Waals surface area contributed by atoms with Crippen molar-refractivity contribution >= 4 is 17.0 Å². The van der Waals surface area contributed by atoms with E-state index in [2.05, 4.69) is 10.4 Å². The van der Waals surface area contributed by atoms with Gasteiger partial charge in [0.05, 0.1) is 24.9 Å². The van der Waals surface area contributed by atoms with Crippen molar-refractivity contribution in [2.24, 2.45) is 0 Å². The number of nitrogens with one attached hydrogen (secondary N) is 1. The lowest BCUT2D eigenvalue weighted by molar-refractivity contribution is -0.121. The molecule has 0 unspecified atom stereocenters. The first-order valence-electron chi connectivity index (χ1n) is 9.63. The summed E-state index contributed by atoms with van der Waals surface area (Å²) in [6.07, 6.45) is 0. The summed E-state index contributed by atoms with van der Waals surface area (Å²) in [6, 6.07) is 17.3. The fourth-order valence-electron chi connectivity index (χ4n) is 3.19. The van der Waals surface area contributed by atoms with Crippen molar-refractivity contribution in [3.8, 4) is 17.0 Å². The van der Waals surface area contributed by atoms with Crippen molar-refractivity contribution in [3.63, 3.8) is 0 Å². The topological polar surface area (TPSA) is 108 Å². The van der Waals surface area contributed by atoms with Crippen LogP contribution in [-0.4, -0.2) is 33.9 Å². The number of nitrogens with zero attached hydrogens (tertiary/aromatic N) is 3. The Labute approximate surface area is 176 Å². The van der Waals surface area contributed by atoms with Gasteiger partial charge in [0.15, 0.2) is 5.58 Å². The molecular formula is C22H20N4O5. The van der Waals surface area contributed by atoms with Gasteiger partial charge in [-0.15, -0.1) is 0 Å². The Hall–Kier alpha value is -4.14. The standard InChI is InChI=1S/C22H20N4O5/c1-30-16-8-6-15(7-9-16)17-10-11-21(28)26(24-17)13-12-23-20(27)14-25-18-4-2-3-5-19(18)31-22(25)29/h2-11H,12-14H2,1H3,(H,23,27). The molecule has 0 spiro atoms. The molecule has 158 valence electrons.